The van der Waals surface area contributed by atoms with Crippen LogP contribution in [0.4, 0.5) is 17.3 Å². The standard InChI is InChI=1S/C10H7ClN6O2/c1-16-5-13-9(7(16)4-12)15-10-6(17(18)19)2-3-8(11)14-10/h2-3,5H,1H3,(H,14,15). The normalized spacial score (nSPS) is 9.95. The molecule has 96 valence electrons. The summed E-state index contributed by atoms with van der Waals surface area (Å²) in [6, 6.07) is 4.48. The highest BCUT2D eigenvalue weighted by Crippen LogP contribution is 2.27. The summed E-state index contributed by atoms with van der Waals surface area (Å²) in [6.45, 7) is 0. The summed E-state index contributed by atoms with van der Waals surface area (Å²) in [4.78, 5) is 18.0. The first-order chi connectivity index (χ1) is 9.02. The van der Waals surface area contributed by atoms with E-state index >= 15 is 0 Å². The minimum Gasteiger partial charge on any atom is -0.324 e. The van der Waals surface area contributed by atoms with Gasteiger partial charge in [-0.25, -0.2) is 9.97 Å². The zero-order valence-electron chi connectivity index (χ0n) is 9.66. The van der Waals surface area contributed by atoms with Crippen molar-refractivity contribution in [3.05, 3.63) is 39.4 Å². The molecule has 19 heavy (non-hydrogen) atoms. The minimum absolute atomic E-state index is 0.0623. The lowest BCUT2D eigenvalue weighted by Crippen LogP contribution is -2.02. The van der Waals surface area contributed by atoms with E-state index in [2.05, 4.69) is 15.3 Å². The predicted molar refractivity (Wildman–Crippen MR) is 67.1 cm³/mol. The summed E-state index contributed by atoms with van der Waals surface area (Å²) in [5.41, 5.74) is -0.0185. The highest BCUT2D eigenvalue weighted by molar-refractivity contribution is 6.29. The van der Waals surface area contributed by atoms with Crippen LogP contribution in [-0.2, 0) is 7.05 Å². The fourth-order valence-corrected chi connectivity index (χ4v) is 1.58. The molecule has 0 saturated carbocycles. The molecule has 0 bridgehead atoms. The van der Waals surface area contributed by atoms with Gasteiger partial charge in [0.15, 0.2) is 11.5 Å². The number of anilines is 2. The third-order valence-corrected chi connectivity index (χ3v) is 2.53. The number of aryl methyl sites for hydroxylation is 1. The molecule has 0 amide bonds. The zero-order valence-corrected chi connectivity index (χ0v) is 10.4. The molecule has 1 N–H and O–H groups in total. The van der Waals surface area contributed by atoms with Gasteiger partial charge < -0.3 is 9.88 Å². The van der Waals surface area contributed by atoms with Gasteiger partial charge in [0.1, 0.15) is 11.2 Å². The van der Waals surface area contributed by atoms with Crippen LogP contribution in [0.1, 0.15) is 5.69 Å². The van der Waals surface area contributed by atoms with Crippen LogP contribution in [0.25, 0.3) is 0 Å². The van der Waals surface area contributed by atoms with Crippen molar-refractivity contribution in [3.63, 3.8) is 0 Å². The number of rotatable bonds is 3. The highest BCUT2D eigenvalue weighted by atomic mass is 35.5. The number of halogens is 1. The van der Waals surface area contributed by atoms with Gasteiger partial charge in [0.05, 0.1) is 11.3 Å². The van der Waals surface area contributed by atoms with E-state index in [1.807, 2.05) is 6.07 Å². The summed E-state index contributed by atoms with van der Waals surface area (Å²) >= 11 is 5.70. The van der Waals surface area contributed by atoms with E-state index in [1.165, 1.54) is 23.0 Å². The van der Waals surface area contributed by atoms with Crippen LogP contribution in [0, 0.1) is 21.4 Å². The quantitative estimate of drug-likeness (QED) is 0.522. The van der Waals surface area contributed by atoms with Crippen molar-refractivity contribution in [2.24, 2.45) is 7.05 Å². The second-order valence-corrected chi connectivity index (χ2v) is 3.94. The maximum absolute atomic E-state index is 10.9. The van der Waals surface area contributed by atoms with Crippen LogP contribution in [0.3, 0.4) is 0 Å². The van der Waals surface area contributed by atoms with Gasteiger partial charge in [-0.15, -0.1) is 0 Å². The second-order valence-electron chi connectivity index (χ2n) is 3.55. The van der Waals surface area contributed by atoms with Gasteiger partial charge in [0.2, 0.25) is 5.82 Å². The number of nitro groups is 1. The fraction of sp³-hybridized carbons (Fsp3) is 0.100. The molecule has 0 saturated heterocycles. The zero-order chi connectivity index (χ0) is 14.0. The van der Waals surface area contributed by atoms with Crippen LogP contribution >= 0.6 is 11.6 Å². The van der Waals surface area contributed by atoms with Crippen molar-refractivity contribution in [1.82, 2.24) is 14.5 Å². The number of imidazole rings is 1. The Kier molecular flexibility index (Phi) is 3.31. The molecule has 0 aliphatic rings. The Bertz CT molecular complexity index is 690. The Morgan fingerprint density at radius 2 is 2.26 bits per heavy atom. The Morgan fingerprint density at radius 3 is 2.89 bits per heavy atom. The first-order valence-corrected chi connectivity index (χ1v) is 5.40. The summed E-state index contributed by atoms with van der Waals surface area (Å²) < 4.78 is 1.48. The Morgan fingerprint density at radius 1 is 1.53 bits per heavy atom. The number of pyridine rings is 1. The lowest BCUT2D eigenvalue weighted by Gasteiger charge is -2.04. The molecule has 2 heterocycles. The number of aromatic nitrogens is 3. The first kappa shape index (κ1) is 12.8. The van der Waals surface area contributed by atoms with Crippen molar-refractivity contribution in [2.45, 2.75) is 0 Å². The maximum atomic E-state index is 10.9. The van der Waals surface area contributed by atoms with Gasteiger partial charge in [0.25, 0.3) is 0 Å². The Hall–Kier alpha value is -2.66. The van der Waals surface area contributed by atoms with Gasteiger partial charge in [-0.2, -0.15) is 5.26 Å². The molecule has 2 aromatic heterocycles. The van der Waals surface area contributed by atoms with Gasteiger partial charge in [0, 0.05) is 13.1 Å². The summed E-state index contributed by atoms with van der Waals surface area (Å²) in [6.07, 6.45) is 1.41. The first-order valence-electron chi connectivity index (χ1n) is 5.02. The molecule has 8 nitrogen and oxygen atoms in total. The number of nitriles is 1. The molecule has 0 radical (unpaired) electrons. The molecular weight excluding hydrogens is 272 g/mol. The van der Waals surface area contributed by atoms with Crippen LogP contribution in [0.5, 0.6) is 0 Å². The van der Waals surface area contributed by atoms with Crippen molar-refractivity contribution in [2.75, 3.05) is 5.32 Å². The van der Waals surface area contributed by atoms with Crippen LogP contribution < -0.4 is 5.32 Å². The Labute approximate surface area is 112 Å². The minimum atomic E-state index is -0.597. The van der Waals surface area contributed by atoms with E-state index in [1.54, 1.807) is 7.05 Å². The molecule has 0 fully saturated rings. The van der Waals surface area contributed by atoms with Gasteiger partial charge in [-0.05, 0) is 6.07 Å². The van der Waals surface area contributed by atoms with Crippen LogP contribution in [-0.4, -0.2) is 19.5 Å². The van der Waals surface area contributed by atoms with Gasteiger partial charge in [-0.3, -0.25) is 10.1 Å². The summed E-state index contributed by atoms with van der Waals surface area (Å²) in [7, 11) is 1.64. The molecule has 0 spiro atoms. The second kappa shape index (κ2) is 4.91. The van der Waals surface area contributed by atoms with E-state index in [4.69, 9.17) is 16.9 Å². The molecule has 9 heteroatoms. The maximum Gasteiger partial charge on any atom is 0.311 e. The number of nitrogens with one attached hydrogen (secondary N) is 1. The topological polar surface area (TPSA) is 110 Å². The smallest absolute Gasteiger partial charge is 0.311 e. The van der Waals surface area contributed by atoms with E-state index in [0.29, 0.717) is 0 Å². The van der Waals surface area contributed by atoms with Crippen molar-refractivity contribution in [3.8, 4) is 6.07 Å². The summed E-state index contributed by atoms with van der Waals surface area (Å²) in [5, 5.41) is 22.6. The molecule has 0 atom stereocenters. The van der Waals surface area contributed by atoms with Gasteiger partial charge >= 0.3 is 5.69 Å². The third kappa shape index (κ3) is 2.46. The average molecular weight is 279 g/mol. The molecular formula is C10H7ClN6O2. The molecule has 2 aromatic rings. The summed E-state index contributed by atoms with van der Waals surface area (Å²) in [5.74, 6) is 0.121. The molecule has 0 unspecified atom stereocenters. The van der Waals surface area contributed by atoms with Gasteiger partial charge in [-0.1, -0.05) is 11.6 Å². The van der Waals surface area contributed by atoms with Crippen LogP contribution in [0.15, 0.2) is 18.5 Å². The molecule has 0 aromatic carbocycles. The largest absolute Gasteiger partial charge is 0.324 e. The molecule has 2 rings (SSSR count). The average Bonchev–Trinajstić information content (AvgIpc) is 2.69. The lowest BCUT2D eigenvalue weighted by molar-refractivity contribution is -0.384. The predicted octanol–water partition coefficient (Wildman–Crippen LogP) is 1.99. The third-order valence-electron chi connectivity index (χ3n) is 2.32. The Balaban J connectivity index is 2.46. The van der Waals surface area contributed by atoms with E-state index in [0.717, 1.165) is 0 Å². The molecule has 0 aliphatic heterocycles. The van der Waals surface area contributed by atoms with E-state index in [-0.39, 0.29) is 28.2 Å². The van der Waals surface area contributed by atoms with Crippen molar-refractivity contribution >= 4 is 28.9 Å². The van der Waals surface area contributed by atoms with Crippen molar-refractivity contribution in [1.29, 1.82) is 5.26 Å². The van der Waals surface area contributed by atoms with Crippen molar-refractivity contribution < 1.29 is 4.92 Å². The number of hydrogen-bond acceptors (Lipinski definition) is 6. The van der Waals surface area contributed by atoms with E-state index < -0.39 is 4.92 Å². The monoisotopic (exact) mass is 278 g/mol. The fourth-order valence-electron chi connectivity index (χ4n) is 1.43. The highest BCUT2D eigenvalue weighted by Gasteiger charge is 2.18. The van der Waals surface area contributed by atoms with E-state index in [9.17, 15) is 10.1 Å². The van der Waals surface area contributed by atoms with Crippen LogP contribution in [0.2, 0.25) is 5.15 Å². The number of nitrogens with zero attached hydrogens (tertiary/aromatic N) is 5. The lowest BCUT2D eigenvalue weighted by atomic mass is 10.3. The molecule has 0 aliphatic carbocycles. The number of hydrogen-bond donors (Lipinski definition) is 1. The SMILES string of the molecule is Cn1cnc(Nc2nc(Cl)ccc2[N+](=O)[O-])c1C#N.